The Morgan fingerprint density at radius 2 is 1.82 bits per heavy atom. The molecule has 1 N–H and O–H groups in total. The monoisotopic (exact) mass is 459 g/mol. The Balaban J connectivity index is 1.36. The van der Waals surface area contributed by atoms with Crippen LogP contribution in [-0.2, 0) is 17.6 Å². The maximum Gasteiger partial charge on any atom is 0.303 e. The number of ether oxygens (including phenoxy) is 1. The molecule has 0 spiro atoms. The van der Waals surface area contributed by atoms with Crippen molar-refractivity contribution in [2.45, 2.75) is 33.1 Å². The Morgan fingerprint density at radius 3 is 2.52 bits per heavy atom. The number of carboxylic acids is 1. The molecule has 0 saturated carbocycles. The highest BCUT2D eigenvalue weighted by molar-refractivity contribution is 7.15. The van der Waals surface area contributed by atoms with Crippen molar-refractivity contribution in [2.75, 3.05) is 6.61 Å². The van der Waals surface area contributed by atoms with E-state index in [0.29, 0.717) is 13.0 Å². The minimum absolute atomic E-state index is 0.134. The van der Waals surface area contributed by atoms with Gasteiger partial charge >= 0.3 is 5.97 Å². The maximum atomic E-state index is 10.8. The Hall–Kier alpha value is -3.58. The van der Waals surface area contributed by atoms with E-state index in [9.17, 15) is 4.79 Å². The lowest BCUT2D eigenvalue weighted by Gasteiger charge is -2.09. The fourth-order valence-electron chi connectivity index (χ4n) is 3.56. The van der Waals surface area contributed by atoms with E-state index in [4.69, 9.17) is 14.8 Å². The summed E-state index contributed by atoms with van der Waals surface area (Å²) in [5.74, 6) is 0.00783. The molecule has 0 saturated heterocycles. The van der Waals surface area contributed by atoms with Crippen LogP contribution in [0, 0.1) is 13.8 Å². The predicted octanol–water partition coefficient (Wildman–Crippen LogP) is 5.52. The standard InChI is InChI=1S/C26H25N3O3S/c1-17-15-22(9-7-19(17)8-10-25(30)31)32-14-11-23-18(2)33-26(29-23)21-5-3-20(4-6-21)24-16-27-12-13-28-24/h3-7,9,12-13,15-16H,8,10-11,14H2,1-2H3,(H,30,31). The number of hydrogen-bond acceptors (Lipinski definition) is 6. The smallest absolute Gasteiger partial charge is 0.303 e. The normalized spacial score (nSPS) is 10.8. The van der Waals surface area contributed by atoms with Crippen molar-refractivity contribution in [3.8, 4) is 27.6 Å². The largest absolute Gasteiger partial charge is 0.493 e. The summed E-state index contributed by atoms with van der Waals surface area (Å²) < 4.78 is 5.94. The first-order chi connectivity index (χ1) is 16.0. The van der Waals surface area contributed by atoms with Gasteiger partial charge in [0.2, 0.25) is 0 Å². The average Bonchev–Trinajstić information content (AvgIpc) is 3.19. The predicted molar refractivity (Wildman–Crippen MR) is 130 cm³/mol. The van der Waals surface area contributed by atoms with Gasteiger partial charge in [-0.15, -0.1) is 11.3 Å². The van der Waals surface area contributed by atoms with Crippen molar-refractivity contribution in [3.05, 3.63) is 82.8 Å². The number of rotatable bonds is 9. The SMILES string of the molecule is Cc1cc(OCCc2nc(-c3ccc(-c4cnccn4)cc3)sc2C)ccc1CCC(=O)O. The number of aryl methyl sites for hydroxylation is 3. The summed E-state index contributed by atoms with van der Waals surface area (Å²) in [6.07, 6.45) is 6.50. The van der Waals surface area contributed by atoms with Gasteiger partial charge in [-0.3, -0.25) is 14.8 Å². The lowest BCUT2D eigenvalue weighted by atomic mass is 10.0. The van der Waals surface area contributed by atoms with E-state index in [0.717, 1.165) is 50.8 Å². The fraction of sp³-hybridized carbons (Fsp3) is 0.231. The molecule has 0 unspecified atom stereocenters. The van der Waals surface area contributed by atoms with Crippen molar-refractivity contribution < 1.29 is 14.6 Å². The third-order valence-corrected chi connectivity index (χ3v) is 6.48. The first-order valence-corrected chi connectivity index (χ1v) is 11.6. The highest BCUT2D eigenvalue weighted by Gasteiger charge is 2.11. The van der Waals surface area contributed by atoms with Crippen LogP contribution in [0.1, 0.15) is 28.1 Å². The molecule has 4 aromatic rings. The molecule has 0 bridgehead atoms. The van der Waals surface area contributed by atoms with Gasteiger partial charge in [-0.1, -0.05) is 30.3 Å². The molecule has 0 aliphatic heterocycles. The van der Waals surface area contributed by atoms with Crippen LogP contribution in [0.4, 0.5) is 0 Å². The summed E-state index contributed by atoms with van der Waals surface area (Å²) >= 11 is 1.68. The Labute approximate surface area is 197 Å². The molecule has 0 fully saturated rings. The Kier molecular flexibility index (Phi) is 7.10. The minimum atomic E-state index is -0.783. The molecule has 0 amide bonds. The molecule has 6 nitrogen and oxygen atoms in total. The van der Waals surface area contributed by atoms with E-state index in [1.165, 1.54) is 4.88 Å². The topological polar surface area (TPSA) is 85.2 Å². The van der Waals surface area contributed by atoms with Gasteiger partial charge in [0.1, 0.15) is 10.8 Å². The van der Waals surface area contributed by atoms with E-state index < -0.39 is 5.97 Å². The van der Waals surface area contributed by atoms with Crippen LogP contribution < -0.4 is 4.74 Å². The van der Waals surface area contributed by atoms with Crippen LogP contribution in [0.2, 0.25) is 0 Å². The first-order valence-electron chi connectivity index (χ1n) is 10.8. The number of carboxylic acid groups (broad SMARTS) is 1. The van der Waals surface area contributed by atoms with Crippen molar-refractivity contribution in [2.24, 2.45) is 0 Å². The van der Waals surface area contributed by atoms with Gasteiger partial charge in [-0.25, -0.2) is 4.98 Å². The summed E-state index contributed by atoms with van der Waals surface area (Å²) in [6.45, 7) is 4.60. The molecular weight excluding hydrogens is 434 g/mol. The van der Waals surface area contributed by atoms with Gasteiger partial charge in [0.05, 0.1) is 24.2 Å². The molecule has 0 aliphatic rings. The molecule has 2 aromatic carbocycles. The summed E-state index contributed by atoms with van der Waals surface area (Å²) in [5, 5.41) is 9.86. The van der Waals surface area contributed by atoms with Crippen LogP contribution in [-0.4, -0.2) is 32.6 Å². The lowest BCUT2D eigenvalue weighted by molar-refractivity contribution is -0.136. The van der Waals surface area contributed by atoms with E-state index in [1.807, 2.05) is 37.3 Å². The average molecular weight is 460 g/mol. The lowest BCUT2D eigenvalue weighted by Crippen LogP contribution is -2.04. The summed E-state index contributed by atoms with van der Waals surface area (Å²) in [7, 11) is 0. The number of thiazole rings is 1. The van der Waals surface area contributed by atoms with E-state index in [2.05, 4.69) is 29.0 Å². The highest BCUT2D eigenvalue weighted by Crippen LogP contribution is 2.29. The van der Waals surface area contributed by atoms with Gasteiger partial charge in [-0.2, -0.15) is 0 Å². The van der Waals surface area contributed by atoms with E-state index in [-0.39, 0.29) is 6.42 Å². The summed E-state index contributed by atoms with van der Waals surface area (Å²) in [4.78, 5) is 25.3. The third-order valence-electron chi connectivity index (χ3n) is 5.41. The first kappa shape index (κ1) is 22.6. The molecule has 7 heteroatoms. The second-order valence-corrected chi connectivity index (χ2v) is 8.97. The molecule has 2 heterocycles. The Morgan fingerprint density at radius 1 is 1.03 bits per heavy atom. The molecular formula is C26H25N3O3S. The fourth-order valence-corrected chi connectivity index (χ4v) is 4.53. The molecule has 0 atom stereocenters. The zero-order valence-electron chi connectivity index (χ0n) is 18.6. The van der Waals surface area contributed by atoms with E-state index in [1.54, 1.807) is 29.9 Å². The van der Waals surface area contributed by atoms with Gasteiger partial charge in [0, 0.05) is 41.2 Å². The number of aromatic nitrogens is 3. The van der Waals surface area contributed by atoms with Crippen molar-refractivity contribution >= 4 is 17.3 Å². The second-order valence-electron chi connectivity index (χ2n) is 7.77. The van der Waals surface area contributed by atoms with Crippen LogP contribution in [0.25, 0.3) is 21.8 Å². The molecule has 0 radical (unpaired) electrons. The van der Waals surface area contributed by atoms with Crippen LogP contribution in [0.3, 0.4) is 0 Å². The van der Waals surface area contributed by atoms with Crippen molar-refractivity contribution in [3.63, 3.8) is 0 Å². The molecule has 0 aliphatic carbocycles. The molecule has 4 rings (SSSR count). The third kappa shape index (κ3) is 5.81. The van der Waals surface area contributed by atoms with Crippen LogP contribution >= 0.6 is 11.3 Å². The zero-order chi connectivity index (χ0) is 23.2. The molecule has 168 valence electrons. The highest BCUT2D eigenvalue weighted by atomic mass is 32.1. The number of benzene rings is 2. The van der Waals surface area contributed by atoms with E-state index >= 15 is 0 Å². The quantitative estimate of drug-likeness (QED) is 0.355. The number of aliphatic carboxylic acids is 1. The van der Waals surface area contributed by atoms with Crippen LogP contribution in [0.5, 0.6) is 5.75 Å². The Bertz CT molecular complexity index is 1240. The minimum Gasteiger partial charge on any atom is -0.493 e. The van der Waals surface area contributed by atoms with Gasteiger partial charge in [-0.05, 0) is 43.5 Å². The number of hydrogen-bond donors (Lipinski definition) is 1. The molecule has 2 aromatic heterocycles. The summed E-state index contributed by atoms with van der Waals surface area (Å²) in [6, 6.07) is 14.0. The zero-order valence-corrected chi connectivity index (χ0v) is 19.4. The van der Waals surface area contributed by atoms with Gasteiger partial charge < -0.3 is 9.84 Å². The molecule has 33 heavy (non-hydrogen) atoms. The number of carbonyl (C=O) groups is 1. The maximum absolute atomic E-state index is 10.8. The van der Waals surface area contributed by atoms with Gasteiger partial charge in [0.15, 0.2) is 0 Å². The second kappa shape index (κ2) is 10.4. The van der Waals surface area contributed by atoms with Gasteiger partial charge in [0.25, 0.3) is 0 Å². The van der Waals surface area contributed by atoms with Crippen molar-refractivity contribution in [1.82, 2.24) is 15.0 Å². The number of nitrogens with zero attached hydrogens (tertiary/aromatic N) is 3. The van der Waals surface area contributed by atoms with Crippen molar-refractivity contribution in [1.29, 1.82) is 0 Å². The van der Waals surface area contributed by atoms with Crippen LogP contribution in [0.15, 0.2) is 61.1 Å². The summed E-state index contributed by atoms with van der Waals surface area (Å²) in [5.41, 5.74) is 6.08.